The molecule has 0 atom stereocenters. The van der Waals surface area contributed by atoms with E-state index in [0.717, 1.165) is 29.7 Å². The average Bonchev–Trinajstić information content (AvgIpc) is 3.50. The summed E-state index contributed by atoms with van der Waals surface area (Å²) in [4.78, 5) is 27.9. The van der Waals surface area contributed by atoms with Crippen molar-refractivity contribution in [3.63, 3.8) is 0 Å². The molecule has 0 unspecified atom stereocenters. The molecule has 32 heavy (non-hydrogen) atoms. The zero-order valence-corrected chi connectivity index (χ0v) is 17.4. The van der Waals surface area contributed by atoms with E-state index in [-0.39, 0.29) is 11.6 Å². The number of rotatable bonds is 6. The number of halogens is 2. The topological polar surface area (TPSA) is 88.8 Å². The highest BCUT2D eigenvalue weighted by molar-refractivity contribution is 5.92. The maximum absolute atomic E-state index is 13.1. The summed E-state index contributed by atoms with van der Waals surface area (Å²) in [7, 11) is 0. The summed E-state index contributed by atoms with van der Waals surface area (Å²) >= 11 is 0. The number of likely N-dealkylation sites (tertiary alicyclic amines) is 1. The first-order valence-corrected chi connectivity index (χ1v) is 10.7. The minimum absolute atomic E-state index is 0.0890. The molecule has 1 saturated carbocycles. The SMILES string of the molecule is O=C(c1ccnn1C(F)F)N1CCC(c2nc(NC3CC3)ncc2-c2ccncc2)CC1. The lowest BCUT2D eigenvalue weighted by molar-refractivity contribution is 0.0451. The molecule has 10 heteroatoms. The van der Waals surface area contributed by atoms with Gasteiger partial charge in [-0.1, -0.05) is 0 Å². The number of aromatic nitrogens is 5. The average molecular weight is 439 g/mol. The molecule has 5 rings (SSSR count). The highest BCUT2D eigenvalue weighted by Crippen LogP contribution is 2.35. The van der Waals surface area contributed by atoms with Crippen LogP contribution in [0.25, 0.3) is 11.1 Å². The van der Waals surface area contributed by atoms with Gasteiger partial charge in [-0.25, -0.2) is 9.97 Å². The first-order valence-electron chi connectivity index (χ1n) is 10.7. The number of pyridine rings is 1. The van der Waals surface area contributed by atoms with E-state index in [2.05, 4.69) is 20.4 Å². The van der Waals surface area contributed by atoms with Crippen LogP contribution in [0.3, 0.4) is 0 Å². The van der Waals surface area contributed by atoms with Crippen molar-refractivity contribution in [3.8, 4) is 11.1 Å². The summed E-state index contributed by atoms with van der Waals surface area (Å²) < 4.78 is 26.7. The summed E-state index contributed by atoms with van der Waals surface area (Å²) in [6, 6.07) is 5.64. The van der Waals surface area contributed by atoms with Crippen molar-refractivity contribution in [1.82, 2.24) is 29.6 Å². The summed E-state index contributed by atoms with van der Waals surface area (Å²) in [5.74, 6) is 0.332. The zero-order chi connectivity index (χ0) is 22.1. The molecule has 4 heterocycles. The largest absolute Gasteiger partial charge is 0.351 e. The molecule has 3 aromatic heterocycles. The van der Waals surface area contributed by atoms with Crippen molar-refractivity contribution in [3.05, 3.63) is 54.4 Å². The number of nitrogens with one attached hydrogen (secondary N) is 1. The van der Waals surface area contributed by atoms with Crippen molar-refractivity contribution >= 4 is 11.9 Å². The van der Waals surface area contributed by atoms with Crippen LogP contribution in [0.4, 0.5) is 14.7 Å². The van der Waals surface area contributed by atoms with Crippen molar-refractivity contribution in [2.45, 2.75) is 44.2 Å². The van der Waals surface area contributed by atoms with Gasteiger partial charge in [0.15, 0.2) is 0 Å². The van der Waals surface area contributed by atoms with Gasteiger partial charge in [0, 0.05) is 55.4 Å². The van der Waals surface area contributed by atoms with Crippen LogP contribution in [-0.2, 0) is 0 Å². The van der Waals surface area contributed by atoms with E-state index in [1.807, 2.05) is 18.3 Å². The van der Waals surface area contributed by atoms with E-state index >= 15 is 0 Å². The van der Waals surface area contributed by atoms with E-state index < -0.39 is 12.5 Å². The van der Waals surface area contributed by atoms with Gasteiger partial charge < -0.3 is 10.2 Å². The van der Waals surface area contributed by atoms with Crippen molar-refractivity contribution in [1.29, 1.82) is 0 Å². The fourth-order valence-corrected chi connectivity index (χ4v) is 4.10. The minimum atomic E-state index is -2.84. The second kappa shape index (κ2) is 8.60. The van der Waals surface area contributed by atoms with Gasteiger partial charge in [0.05, 0.1) is 5.69 Å². The first kappa shape index (κ1) is 20.5. The van der Waals surface area contributed by atoms with E-state index in [1.165, 1.54) is 12.3 Å². The lowest BCUT2D eigenvalue weighted by atomic mass is 9.89. The molecule has 2 fully saturated rings. The Morgan fingerprint density at radius 1 is 1.06 bits per heavy atom. The number of hydrogen-bond donors (Lipinski definition) is 1. The van der Waals surface area contributed by atoms with Gasteiger partial charge in [-0.2, -0.15) is 18.6 Å². The predicted octanol–water partition coefficient (Wildman–Crippen LogP) is 3.72. The number of piperidine rings is 1. The Morgan fingerprint density at radius 2 is 1.81 bits per heavy atom. The molecule has 0 radical (unpaired) electrons. The number of amides is 1. The van der Waals surface area contributed by atoms with Gasteiger partial charge in [-0.3, -0.25) is 9.78 Å². The zero-order valence-electron chi connectivity index (χ0n) is 17.4. The fraction of sp³-hybridized carbons (Fsp3) is 0.409. The molecule has 1 N–H and O–H groups in total. The molecular weight excluding hydrogens is 416 g/mol. The highest BCUT2D eigenvalue weighted by atomic mass is 19.3. The molecule has 1 amide bonds. The van der Waals surface area contributed by atoms with Gasteiger partial charge in [0.25, 0.3) is 5.91 Å². The third-order valence-corrected chi connectivity index (χ3v) is 5.96. The van der Waals surface area contributed by atoms with Crippen LogP contribution >= 0.6 is 0 Å². The summed E-state index contributed by atoms with van der Waals surface area (Å²) in [6.07, 6.45) is 10.2. The minimum Gasteiger partial charge on any atom is -0.351 e. The number of anilines is 1. The van der Waals surface area contributed by atoms with Gasteiger partial charge in [0.1, 0.15) is 5.69 Å². The van der Waals surface area contributed by atoms with Crippen LogP contribution in [0, 0.1) is 0 Å². The van der Waals surface area contributed by atoms with E-state index in [4.69, 9.17) is 4.98 Å². The second-order valence-corrected chi connectivity index (χ2v) is 8.15. The molecule has 0 bridgehead atoms. The highest BCUT2D eigenvalue weighted by Gasteiger charge is 2.30. The Labute approximate surface area is 183 Å². The monoisotopic (exact) mass is 439 g/mol. The number of carbonyl (C=O) groups is 1. The van der Waals surface area contributed by atoms with Crippen molar-refractivity contribution in [2.75, 3.05) is 18.4 Å². The Hall–Kier alpha value is -3.43. The second-order valence-electron chi connectivity index (χ2n) is 8.15. The maximum Gasteiger partial charge on any atom is 0.333 e. The molecule has 1 aliphatic heterocycles. The molecule has 166 valence electrons. The van der Waals surface area contributed by atoms with Crippen LogP contribution in [0.2, 0.25) is 0 Å². The normalized spacial score (nSPS) is 17.0. The van der Waals surface area contributed by atoms with Gasteiger partial charge in [-0.15, -0.1) is 0 Å². The van der Waals surface area contributed by atoms with Crippen LogP contribution in [0.5, 0.6) is 0 Å². The number of nitrogens with zero attached hydrogens (tertiary/aromatic N) is 6. The molecule has 1 saturated heterocycles. The Balaban J connectivity index is 1.36. The van der Waals surface area contributed by atoms with E-state index in [1.54, 1.807) is 17.3 Å². The number of carbonyl (C=O) groups excluding carboxylic acids is 1. The predicted molar refractivity (Wildman–Crippen MR) is 113 cm³/mol. The van der Waals surface area contributed by atoms with Crippen molar-refractivity contribution in [2.24, 2.45) is 0 Å². The Bertz CT molecular complexity index is 1090. The van der Waals surface area contributed by atoms with Crippen LogP contribution in [-0.4, -0.2) is 54.7 Å². The van der Waals surface area contributed by atoms with Crippen LogP contribution in [0.15, 0.2) is 43.0 Å². The summed E-state index contributed by atoms with van der Waals surface area (Å²) in [6.45, 7) is -1.92. The molecular formula is C22H23F2N7O. The van der Waals surface area contributed by atoms with Crippen molar-refractivity contribution < 1.29 is 13.6 Å². The van der Waals surface area contributed by atoms with Gasteiger partial charge >= 0.3 is 6.55 Å². The smallest absolute Gasteiger partial charge is 0.333 e. The lowest BCUT2D eigenvalue weighted by Gasteiger charge is -2.32. The first-order chi connectivity index (χ1) is 15.6. The van der Waals surface area contributed by atoms with Crippen LogP contribution in [0.1, 0.15) is 54.3 Å². The maximum atomic E-state index is 13.1. The summed E-state index contributed by atoms with van der Waals surface area (Å²) in [5, 5.41) is 6.92. The number of alkyl halides is 2. The van der Waals surface area contributed by atoms with E-state index in [9.17, 15) is 13.6 Å². The molecule has 2 aliphatic rings. The Morgan fingerprint density at radius 3 is 2.50 bits per heavy atom. The standard InChI is InChI=1S/C22H23F2N7O/c23-21(24)31-18(5-10-27-31)20(32)30-11-6-15(7-12-30)19-17(14-3-8-25-9-4-14)13-26-22(29-19)28-16-1-2-16/h3-5,8-10,13,15-16,21H,1-2,6-7,11-12H2,(H,26,28,29). The molecule has 0 spiro atoms. The molecule has 1 aliphatic carbocycles. The molecule has 8 nitrogen and oxygen atoms in total. The van der Waals surface area contributed by atoms with Crippen LogP contribution < -0.4 is 5.32 Å². The molecule has 0 aromatic carbocycles. The van der Waals surface area contributed by atoms with E-state index in [0.29, 0.717) is 42.6 Å². The quantitative estimate of drug-likeness (QED) is 0.630. The summed E-state index contributed by atoms with van der Waals surface area (Å²) in [5.41, 5.74) is 2.80. The third-order valence-electron chi connectivity index (χ3n) is 5.96. The van der Waals surface area contributed by atoms with Gasteiger partial charge in [0.2, 0.25) is 5.95 Å². The fourth-order valence-electron chi connectivity index (χ4n) is 4.10. The van der Waals surface area contributed by atoms with Gasteiger partial charge in [-0.05, 0) is 49.4 Å². The number of hydrogen-bond acceptors (Lipinski definition) is 6. The Kier molecular flexibility index (Phi) is 5.50. The lowest BCUT2D eigenvalue weighted by Crippen LogP contribution is -2.39. The third kappa shape index (κ3) is 4.17. The molecule has 3 aromatic rings.